The van der Waals surface area contributed by atoms with E-state index in [4.69, 9.17) is 0 Å². The van der Waals surface area contributed by atoms with Gasteiger partial charge in [-0.15, -0.1) is 0 Å². The summed E-state index contributed by atoms with van der Waals surface area (Å²) in [6, 6.07) is 11.2. The zero-order valence-corrected chi connectivity index (χ0v) is 16.4. The normalized spacial score (nSPS) is 20.6. The second-order valence-electron chi connectivity index (χ2n) is 7.59. The maximum Gasteiger partial charge on any atom is 0.257 e. The summed E-state index contributed by atoms with van der Waals surface area (Å²) >= 11 is 0. The van der Waals surface area contributed by atoms with Gasteiger partial charge in [0.25, 0.3) is 5.91 Å². The second kappa shape index (κ2) is 9.08. The average molecular weight is 390 g/mol. The molecule has 1 aliphatic carbocycles. The first-order chi connectivity index (χ1) is 14.2. The van der Waals surface area contributed by atoms with Crippen molar-refractivity contribution in [3.63, 3.8) is 0 Å². The molecule has 1 saturated carbocycles. The van der Waals surface area contributed by atoms with Crippen LogP contribution in [0, 0.1) is 17.8 Å². The Labute approximate surface area is 171 Å². The quantitative estimate of drug-likeness (QED) is 0.553. The van der Waals surface area contributed by atoms with E-state index < -0.39 is 0 Å². The monoisotopic (exact) mass is 390 g/mol. The van der Waals surface area contributed by atoms with Crippen molar-refractivity contribution in [1.29, 1.82) is 0 Å². The molecule has 1 fully saturated rings. The Morgan fingerprint density at radius 1 is 1.14 bits per heavy atom. The molecule has 29 heavy (non-hydrogen) atoms. The van der Waals surface area contributed by atoms with Crippen molar-refractivity contribution in [2.45, 2.75) is 31.8 Å². The van der Waals surface area contributed by atoms with Gasteiger partial charge in [-0.1, -0.05) is 24.0 Å². The Balaban J connectivity index is 1.42. The molecule has 1 aromatic carbocycles. The van der Waals surface area contributed by atoms with Crippen LogP contribution >= 0.6 is 0 Å². The molecule has 0 bridgehead atoms. The third-order valence-electron chi connectivity index (χ3n) is 5.55. The van der Waals surface area contributed by atoms with Crippen LogP contribution in [0.5, 0.6) is 0 Å². The number of carbonyl (C=O) groups excluding carboxylic acids is 1. The number of aromatic nitrogens is 1. The third kappa shape index (κ3) is 4.58. The first-order valence-corrected chi connectivity index (χ1v) is 10.2. The van der Waals surface area contributed by atoms with Gasteiger partial charge in [-0.2, -0.15) is 0 Å². The molecule has 2 aliphatic rings. The van der Waals surface area contributed by atoms with Crippen LogP contribution in [0.4, 0.5) is 17.2 Å². The molecule has 3 N–H and O–H groups in total. The predicted octanol–water partition coefficient (Wildman–Crippen LogP) is 2.93. The van der Waals surface area contributed by atoms with E-state index in [0.29, 0.717) is 36.1 Å². The number of nitrogens with zero attached hydrogens (tertiary/aromatic N) is 2. The third-order valence-corrected chi connectivity index (χ3v) is 5.55. The number of hydrogen-bond donors (Lipinski definition) is 3. The van der Waals surface area contributed by atoms with Crippen LogP contribution in [0.2, 0.25) is 0 Å². The van der Waals surface area contributed by atoms with Gasteiger partial charge in [0.05, 0.1) is 36.1 Å². The number of nitrogens with one attached hydrogen (secondary N) is 2. The molecule has 0 unspecified atom stereocenters. The van der Waals surface area contributed by atoms with Crippen LogP contribution in [0.1, 0.15) is 36.0 Å². The number of pyridine rings is 1. The minimum atomic E-state index is -0.135. The Kier molecular flexibility index (Phi) is 6.09. The van der Waals surface area contributed by atoms with Gasteiger partial charge in [0.15, 0.2) is 5.82 Å². The minimum absolute atomic E-state index is 0.111. The van der Waals surface area contributed by atoms with Crippen molar-refractivity contribution < 1.29 is 9.90 Å². The van der Waals surface area contributed by atoms with E-state index in [0.717, 1.165) is 37.9 Å². The van der Waals surface area contributed by atoms with Crippen molar-refractivity contribution in [2.24, 2.45) is 5.92 Å². The largest absolute Gasteiger partial charge is 0.393 e. The molecule has 1 aliphatic heterocycles. The Bertz CT molecular complexity index is 926. The van der Waals surface area contributed by atoms with Crippen molar-refractivity contribution in [3.05, 3.63) is 48.2 Å². The zero-order valence-electron chi connectivity index (χ0n) is 16.4. The molecule has 0 saturated heterocycles. The summed E-state index contributed by atoms with van der Waals surface area (Å²) in [5, 5.41) is 15.9. The van der Waals surface area contributed by atoms with Gasteiger partial charge in [0, 0.05) is 6.20 Å². The summed E-state index contributed by atoms with van der Waals surface area (Å²) in [4.78, 5) is 19.0. The maximum absolute atomic E-state index is 12.6. The van der Waals surface area contributed by atoms with E-state index in [1.807, 2.05) is 41.3 Å². The van der Waals surface area contributed by atoms with Crippen LogP contribution in [0.3, 0.4) is 0 Å². The molecule has 0 atom stereocenters. The fourth-order valence-corrected chi connectivity index (χ4v) is 3.96. The number of benzene rings is 1. The highest BCUT2D eigenvalue weighted by atomic mass is 16.3. The highest BCUT2D eigenvalue weighted by Crippen LogP contribution is 2.35. The number of anilines is 3. The zero-order chi connectivity index (χ0) is 20.1. The maximum atomic E-state index is 12.6. The molecule has 2 aromatic rings. The van der Waals surface area contributed by atoms with Crippen molar-refractivity contribution in [3.8, 4) is 11.8 Å². The SMILES string of the molecule is O=C1Nc2cccnc2N(CC#CCNCC2CCC(O)CC2)c2ccccc21. The summed E-state index contributed by atoms with van der Waals surface area (Å²) in [6.45, 7) is 2.02. The van der Waals surface area contributed by atoms with E-state index in [1.54, 1.807) is 6.20 Å². The van der Waals surface area contributed by atoms with Crippen molar-refractivity contribution >= 4 is 23.1 Å². The predicted molar refractivity (Wildman–Crippen MR) is 114 cm³/mol. The Morgan fingerprint density at radius 3 is 2.83 bits per heavy atom. The standard InChI is InChI=1S/C23H26N4O2/c28-18-11-9-17(10-12-18)16-24-13-3-4-15-27-21-8-2-1-6-19(21)23(29)26-20-7-5-14-25-22(20)27/h1-2,5-8,14,17-18,24,28H,9-13,15-16H2,(H,26,29). The summed E-state index contributed by atoms with van der Waals surface area (Å²) in [7, 11) is 0. The van der Waals surface area contributed by atoms with E-state index in [9.17, 15) is 9.90 Å². The average Bonchev–Trinajstić information content (AvgIpc) is 2.86. The van der Waals surface area contributed by atoms with Gasteiger partial charge in [0.1, 0.15) is 0 Å². The Morgan fingerprint density at radius 2 is 1.97 bits per heavy atom. The molecule has 2 heterocycles. The van der Waals surface area contributed by atoms with Gasteiger partial charge >= 0.3 is 0 Å². The lowest BCUT2D eigenvalue weighted by atomic mass is 9.87. The molecular weight excluding hydrogens is 364 g/mol. The molecular formula is C23H26N4O2. The number of amides is 1. The van der Waals surface area contributed by atoms with Gasteiger partial charge < -0.3 is 20.6 Å². The van der Waals surface area contributed by atoms with Crippen LogP contribution in [-0.2, 0) is 0 Å². The molecule has 0 radical (unpaired) electrons. The Hall–Kier alpha value is -2.88. The lowest BCUT2D eigenvalue weighted by Gasteiger charge is -2.25. The van der Waals surface area contributed by atoms with E-state index in [1.165, 1.54) is 0 Å². The van der Waals surface area contributed by atoms with Gasteiger partial charge in [-0.25, -0.2) is 4.98 Å². The van der Waals surface area contributed by atoms with E-state index >= 15 is 0 Å². The first kappa shape index (κ1) is 19.4. The number of para-hydroxylation sites is 1. The highest BCUT2D eigenvalue weighted by molar-refractivity contribution is 6.12. The summed E-state index contributed by atoms with van der Waals surface area (Å²) in [5.74, 6) is 7.61. The fraction of sp³-hybridized carbons (Fsp3) is 0.391. The topological polar surface area (TPSA) is 77.5 Å². The lowest BCUT2D eigenvalue weighted by molar-refractivity contribution is 0.102. The molecule has 0 spiro atoms. The number of hydrogen-bond acceptors (Lipinski definition) is 5. The minimum Gasteiger partial charge on any atom is -0.393 e. The number of aliphatic hydroxyl groups excluding tert-OH is 1. The van der Waals surface area contributed by atoms with Crippen LogP contribution in [0.15, 0.2) is 42.6 Å². The fourth-order valence-electron chi connectivity index (χ4n) is 3.96. The molecule has 6 nitrogen and oxygen atoms in total. The molecule has 1 aromatic heterocycles. The number of carbonyl (C=O) groups is 1. The molecule has 150 valence electrons. The van der Waals surface area contributed by atoms with Crippen LogP contribution in [-0.4, -0.2) is 41.7 Å². The van der Waals surface area contributed by atoms with Crippen LogP contribution < -0.4 is 15.5 Å². The number of fused-ring (bicyclic) bond motifs is 2. The smallest absolute Gasteiger partial charge is 0.257 e. The van der Waals surface area contributed by atoms with Gasteiger partial charge in [-0.05, 0) is 62.4 Å². The summed E-state index contributed by atoms with van der Waals surface area (Å²) in [5.41, 5.74) is 2.11. The lowest BCUT2D eigenvalue weighted by Crippen LogP contribution is -2.28. The molecule has 1 amide bonds. The van der Waals surface area contributed by atoms with Crippen molar-refractivity contribution in [2.75, 3.05) is 29.9 Å². The number of aliphatic hydroxyl groups is 1. The van der Waals surface area contributed by atoms with Crippen LogP contribution in [0.25, 0.3) is 0 Å². The van der Waals surface area contributed by atoms with Gasteiger partial charge in [0.2, 0.25) is 0 Å². The second-order valence-corrected chi connectivity index (χ2v) is 7.59. The number of rotatable bonds is 4. The highest BCUT2D eigenvalue weighted by Gasteiger charge is 2.25. The summed E-state index contributed by atoms with van der Waals surface area (Å²) < 4.78 is 0. The van der Waals surface area contributed by atoms with Gasteiger partial charge in [-0.3, -0.25) is 4.79 Å². The van der Waals surface area contributed by atoms with Crippen molar-refractivity contribution in [1.82, 2.24) is 10.3 Å². The summed E-state index contributed by atoms with van der Waals surface area (Å²) in [6.07, 6.45) is 5.59. The van der Waals surface area contributed by atoms with E-state index in [2.05, 4.69) is 27.5 Å². The van der Waals surface area contributed by atoms with E-state index in [-0.39, 0.29) is 12.0 Å². The molecule has 6 heteroatoms. The molecule has 4 rings (SSSR count). The first-order valence-electron chi connectivity index (χ1n) is 10.2.